The molecule has 17 heavy (non-hydrogen) atoms. The van der Waals surface area contributed by atoms with Gasteiger partial charge in [0.2, 0.25) is 0 Å². The van der Waals surface area contributed by atoms with Gasteiger partial charge in [0, 0.05) is 31.5 Å². The standard InChI is InChI=1S/C11H17N3O2S/c1-10(11-5-4-6-12-9-11)13-17(15,16)14-7-2-3-8-14/h4-6,9-10,13H,2-3,7-8H2,1H3. The van der Waals surface area contributed by atoms with E-state index < -0.39 is 10.2 Å². The van der Waals surface area contributed by atoms with E-state index in [0.29, 0.717) is 13.1 Å². The summed E-state index contributed by atoms with van der Waals surface area (Å²) in [5.41, 5.74) is 0.871. The minimum absolute atomic E-state index is 0.255. The Morgan fingerprint density at radius 3 is 2.71 bits per heavy atom. The number of aromatic nitrogens is 1. The molecule has 1 unspecified atom stereocenters. The van der Waals surface area contributed by atoms with Crippen molar-refractivity contribution in [2.45, 2.75) is 25.8 Å². The van der Waals surface area contributed by atoms with Gasteiger partial charge in [-0.2, -0.15) is 17.4 Å². The van der Waals surface area contributed by atoms with Gasteiger partial charge in [0.1, 0.15) is 0 Å². The van der Waals surface area contributed by atoms with Crippen LogP contribution in [0.25, 0.3) is 0 Å². The number of nitrogens with one attached hydrogen (secondary N) is 1. The third-order valence-corrected chi connectivity index (χ3v) is 4.61. The second-order valence-corrected chi connectivity index (χ2v) is 5.94. The fraction of sp³-hybridized carbons (Fsp3) is 0.545. The first-order valence-corrected chi connectivity index (χ1v) is 7.21. The molecule has 0 aliphatic carbocycles. The van der Waals surface area contributed by atoms with E-state index in [9.17, 15) is 8.42 Å². The normalized spacial score (nSPS) is 19.4. The molecule has 1 aliphatic rings. The van der Waals surface area contributed by atoms with Crippen molar-refractivity contribution in [2.75, 3.05) is 13.1 Å². The second kappa shape index (κ2) is 5.12. The molecule has 1 atom stereocenters. The Bertz CT molecular complexity index is 455. The highest BCUT2D eigenvalue weighted by Gasteiger charge is 2.26. The molecule has 0 amide bonds. The van der Waals surface area contributed by atoms with Crippen molar-refractivity contribution >= 4 is 10.2 Å². The molecule has 94 valence electrons. The third kappa shape index (κ3) is 3.02. The van der Waals surface area contributed by atoms with Crippen LogP contribution in [0.1, 0.15) is 31.4 Å². The van der Waals surface area contributed by atoms with Crippen LogP contribution in [0.4, 0.5) is 0 Å². The molecule has 0 radical (unpaired) electrons. The van der Waals surface area contributed by atoms with Crippen LogP contribution >= 0.6 is 0 Å². The molecule has 5 nitrogen and oxygen atoms in total. The van der Waals surface area contributed by atoms with Crippen LogP contribution in [0.2, 0.25) is 0 Å². The van der Waals surface area contributed by atoms with E-state index in [0.717, 1.165) is 18.4 Å². The second-order valence-electron chi connectivity index (χ2n) is 4.24. The Labute approximate surface area is 102 Å². The SMILES string of the molecule is CC(NS(=O)(=O)N1CCCC1)c1cccnc1. The molecule has 1 N–H and O–H groups in total. The smallest absolute Gasteiger partial charge is 0.264 e. The molecule has 1 fully saturated rings. The van der Waals surface area contributed by atoms with Crippen molar-refractivity contribution in [2.24, 2.45) is 0 Å². The minimum atomic E-state index is -3.35. The van der Waals surface area contributed by atoms with Crippen molar-refractivity contribution in [3.8, 4) is 0 Å². The summed E-state index contributed by atoms with van der Waals surface area (Å²) in [6, 6.07) is 3.41. The zero-order valence-corrected chi connectivity index (χ0v) is 10.7. The van der Waals surface area contributed by atoms with E-state index >= 15 is 0 Å². The minimum Gasteiger partial charge on any atom is -0.264 e. The molecule has 0 bridgehead atoms. The molecule has 1 saturated heterocycles. The lowest BCUT2D eigenvalue weighted by Crippen LogP contribution is -2.40. The Morgan fingerprint density at radius 2 is 2.12 bits per heavy atom. The van der Waals surface area contributed by atoms with Crippen LogP contribution in [0.15, 0.2) is 24.5 Å². The quantitative estimate of drug-likeness (QED) is 0.875. The highest BCUT2D eigenvalue weighted by Crippen LogP contribution is 2.16. The summed E-state index contributed by atoms with van der Waals surface area (Å²) in [4.78, 5) is 3.98. The first-order chi connectivity index (χ1) is 8.09. The molecule has 0 saturated carbocycles. The summed E-state index contributed by atoms with van der Waals surface area (Å²) in [6.07, 6.45) is 5.24. The maximum atomic E-state index is 12.0. The average Bonchev–Trinajstić information content (AvgIpc) is 2.84. The van der Waals surface area contributed by atoms with E-state index in [1.54, 1.807) is 18.5 Å². The molecule has 1 aliphatic heterocycles. The first-order valence-electron chi connectivity index (χ1n) is 5.77. The van der Waals surface area contributed by atoms with Crippen LogP contribution < -0.4 is 4.72 Å². The maximum Gasteiger partial charge on any atom is 0.279 e. The predicted octanol–water partition coefficient (Wildman–Crippen LogP) is 1.07. The average molecular weight is 255 g/mol. The van der Waals surface area contributed by atoms with Crippen molar-refractivity contribution in [3.05, 3.63) is 30.1 Å². The summed E-state index contributed by atoms with van der Waals surface area (Å²) in [6.45, 7) is 3.06. The van der Waals surface area contributed by atoms with Gasteiger partial charge in [0.05, 0.1) is 0 Å². The lowest BCUT2D eigenvalue weighted by molar-refractivity contribution is 0.457. The summed E-state index contributed by atoms with van der Waals surface area (Å²) in [5, 5.41) is 0. The fourth-order valence-electron chi connectivity index (χ4n) is 1.93. The summed E-state index contributed by atoms with van der Waals surface area (Å²) in [7, 11) is -3.35. The summed E-state index contributed by atoms with van der Waals surface area (Å²) in [5.74, 6) is 0. The zero-order chi connectivity index (χ0) is 12.3. The van der Waals surface area contributed by atoms with Gasteiger partial charge in [-0.25, -0.2) is 0 Å². The Balaban J connectivity index is 2.05. The van der Waals surface area contributed by atoms with Crippen LogP contribution in [-0.2, 0) is 10.2 Å². The lowest BCUT2D eigenvalue weighted by Gasteiger charge is -2.20. The third-order valence-electron chi connectivity index (χ3n) is 2.92. The zero-order valence-electron chi connectivity index (χ0n) is 9.83. The highest BCUT2D eigenvalue weighted by molar-refractivity contribution is 7.87. The van der Waals surface area contributed by atoms with E-state index in [1.165, 1.54) is 4.31 Å². The van der Waals surface area contributed by atoms with Gasteiger partial charge >= 0.3 is 0 Å². The molecule has 0 spiro atoms. The molecule has 2 heterocycles. The van der Waals surface area contributed by atoms with Crippen molar-refractivity contribution in [1.82, 2.24) is 14.0 Å². The number of hydrogen-bond acceptors (Lipinski definition) is 3. The van der Waals surface area contributed by atoms with Crippen molar-refractivity contribution in [3.63, 3.8) is 0 Å². The molecule has 1 aromatic heterocycles. The van der Waals surface area contributed by atoms with Gasteiger partial charge in [-0.05, 0) is 31.4 Å². The number of pyridine rings is 1. The van der Waals surface area contributed by atoms with Gasteiger partial charge < -0.3 is 0 Å². The van der Waals surface area contributed by atoms with Crippen LogP contribution in [0.5, 0.6) is 0 Å². The topological polar surface area (TPSA) is 62.3 Å². The van der Waals surface area contributed by atoms with Gasteiger partial charge in [-0.3, -0.25) is 4.98 Å². The molecular weight excluding hydrogens is 238 g/mol. The number of hydrogen-bond donors (Lipinski definition) is 1. The first kappa shape index (κ1) is 12.5. The van der Waals surface area contributed by atoms with E-state index in [-0.39, 0.29) is 6.04 Å². The maximum absolute atomic E-state index is 12.0. The van der Waals surface area contributed by atoms with Gasteiger partial charge in [-0.1, -0.05) is 6.07 Å². The van der Waals surface area contributed by atoms with E-state index in [1.807, 2.05) is 13.0 Å². The number of rotatable bonds is 4. The largest absolute Gasteiger partial charge is 0.279 e. The Hall–Kier alpha value is -0.980. The van der Waals surface area contributed by atoms with Gasteiger partial charge in [0.15, 0.2) is 0 Å². The van der Waals surface area contributed by atoms with Gasteiger partial charge in [-0.15, -0.1) is 0 Å². The molecule has 1 aromatic rings. The Kier molecular flexibility index (Phi) is 3.76. The van der Waals surface area contributed by atoms with Crippen LogP contribution in [0.3, 0.4) is 0 Å². The fourth-order valence-corrected chi connectivity index (χ4v) is 3.40. The number of nitrogens with zero attached hydrogens (tertiary/aromatic N) is 2. The molecule has 0 aromatic carbocycles. The predicted molar refractivity (Wildman–Crippen MR) is 65.5 cm³/mol. The van der Waals surface area contributed by atoms with Crippen LogP contribution in [0, 0.1) is 0 Å². The van der Waals surface area contributed by atoms with Crippen molar-refractivity contribution < 1.29 is 8.42 Å². The molecule has 6 heteroatoms. The molecule has 2 rings (SSSR count). The summed E-state index contributed by atoms with van der Waals surface area (Å²) >= 11 is 0. The molecular formula is C11H17N3O2S. The van der Waals surface area contributed by atoms with Crippen LogP contribution in [-0.4, -0.2) is 30.8 Å². The monoisotopic (exact) mass is 255 g/mol. The highest BCUT2D eigenvalue weighted by atomic mass is 32.2. The Morgan fingerprint density at radius 1 is 1.41 bits per heavy atom. The van der Waals surface area contributed by atoms with Crippen molar-refractivity contribution in [1.29, 1.82) is 0 Å². The van der Waals surface area contributed by atoms with Gasteiger partial charge in [0.25, 0.3) is 10.2 Å². The lowest BCUT2D eigenvalue weighted by atomic mass is 10.2. The van der Waals surface area contributed by atoms with E-state index in [4.69, 9.17) is 0 Å². The van der Waals surface area contributed by atoms with E-state index in [2.05, 4.69) is 9.71 Å². The summed E-state index contributed by atoms with van der Waals surface area (Å²) < 4.78 is 28.2.